The summed E-state index contributed by atoms with van der Waals surface area (Å²) in [6.07, 6.45) is -3.60. The van der Waals surface area contributed by atoms with Gasteiger partial charge in [0.15, 0.2) is 0 Å². The fourth-order valence-corrected chi connectivity index (χ4v) is 2.58. The standard InChI is InChI=1S/C13H17F3N2O/c1-8-4-5-18(12(8)7-19)9-2-3-11(17)10(6-9)13(14,15)16/h2-3,6,8,12,19H,4-5,7,17H2,1H3. The average molecular weight is 274 g/mol. The number of nitrogens with zero attached hydrogens (tertiary/aromatic N) is 1. The first kappa shape index (κ1) is 14.0. The molecule has 1 aliphatic rings. The van der Waals surface area contributed by atoms with Crippen molar-refractivity contribution < 1.29 is 18.3 Å². The first-order valence-electron chi connectivity index (χ1n) is 6.19. The van der Waals surface area contributed by atoms with Crippen molar-refractivity contribution in [3.8, 4) is 0 Å². The average Bonchev–Trinajstić information content (AvgIpc) is 2.69. The number of benzene rings is 1. The molecule has 0 bridgehead atoms. The van der Waals surface area contributed by atoms with Gasteiger partial charge in [0.1, 0.15) is 0 Å². The predicted molar refractivity (Wildman–Crippen MR) is 67.9 cm³/mol. The van der Waals surface area contributed by atoms with Crippen LogP contribution in [0.3, 0.4) is 0 Å². The second-order valence-electron chi connectivity index (χ2n) is 4.98. The SMILES string of the molecule is CC1CCN(c2ccc(N)c(C(F)(F)F)c2)C1CO. The molecule has 0 aliphatic carbocycles. The number of halogens is 3. The van der Waals surface area contributed by atoms with E-state index in [9.17, 15) is 18.3 Å². The predicted octanol–water partition coefficient (Wildman–Crippen LogP) is 2.49. The van der Waals surface area contributed by atoms with Gasteiger partial charge < -0.3 is 15.7 Å². The molecule has 1 aromatic rings. The van der Waals surface area contributed by atoms with Gasteiger partial charge in [0, 0.05) is 17.9 Å². The molecular weight excluding hydrogens is 257 g/mol. The van der Waals surface area contributed by atoms with E-state index in [1.807, 2.05) is 11.8 Å². The highest BCUT2D eigenvalue weighted by molar-refractivity contribution is 5.60. The Bertz CT molecular complexity index is 462. The second kappa shape index (κ2) is 4.92. The van der Waals surface area contributed by atoms with E-state index in [-0.39, 0.29) is 24.3 Å². The van der Waals surface area contributed by atoms with Crippen molar-refractivity contribution in [2.24, 2.45) is 5.92 Å². The minimum Gasteiger partial charge on any atom is -0.398 e. The summed E-state index contributed by atoms with van der Waals surface area (Å²) in [5.74, 6) is 0.261. The molecule has 0 saturated carbocycles. The third kappa shape index (κ3) is 2.63. The smallest absolute Gasteiger partial charge is 0.398 e. The first-order chi connectivity index (χ1) is 8.84. The number of hydrogen-bond donors (Lipinski definition) is 2. The normalized spacial score (nSPS) is 23.9. The molecule has 6 heteroatoms. The molecule has 1 aliphatic heterocycles. The van der Waals surface area contributed by atoms with Crippen LogP contribution >= 0.6 is 0 Å². The fraction of sp³-hybridized carbons (Fsp3) is 0.538. The van der Waals surface area contributed by atoms with Crippen LogP contribution in [0, 0.1) is 5.92 Å². The number of nitrogen functional groups attached to an aromatic ring is 1. The lowest BCUT2D eigenvalue weighted by atomic mass is 10.0. The summed E-state index contributed by atoms with van der Waals surface area (Å²) in [7, 11) is 0. The number of aliphatic hydroxyl groups excluding tert-OH is 1. The maximum Gasteiger partial charge on any atom is 0.418 e. The van der Waals surface area contributed by atoms with Gasteiger partial charge >= 0.3 is 6.18 Å². The molecule has 0 aromatic heterocycles. The van der Waals surface area contributed by atoms with Gasteiger partial charge in [-0.25, -0.2) is 0 Å². The monoisotopic (exact) mass is 274 g/mol. The van der Waals surface area contributed by atoms with E-state index in [0.717, 1.165) is 12.5 Å². The van der Waals surface area contributed by atoms with Crippen LogP contribution < -0.4 is 10.6 Å². The summed E-state index contributed by atoms with van der Waals surface area (Å²) < 4.78 is 38.5. The second-order valence-corrected chi connectivity index (χ2v) is 4.98. The van der Waals surface area contributed by atoms with Crippen molar-refractivity contribution >= 4 is 11.4 Å². The molecule has 2 atom stereocenters. The van der Waals surface area contributed by atoms with Crippen molar-refractivity contribution in [2.45, 2.75) is 25.6 Å². The van der Waals surface area contributed by atoms with Crippen LogP contribution in [0.25, 0.3) is 0 Å². The van der Waals surface area contributed by atoms with E-state index in [0.29, 0.717) is 12.2 Å². The van der Waals surface area contributed by atoms with E-state index < -0.39 is 11.7 Å². The number of anilines is 2. The molecule has 1 heterocycles. The Morgan fingerprint density at radius 3 is 2.68 bits per heavy atom. The van der Waals surface area contributed by atoms with Crippen LogP contribution in [-0.4, -0.2) is 24.3 Å². The number of alkyl halides is 3. The molecule has 3 nitrogen and oxygen atoms in total. The Labute approximate surface area is 109 Å². The molecule has 1 fully saturated rings. The van der Waals surface area contributed by atoms with E-state index in [1.54, 1.807) is 6.07 Å². The van der Waals surface area contributed by atoms with Gasteiger partial charge in [0.05, 0.1) is 18.2 Å². The topological polar surface area (TPSA) is 49.5 Å². The van der Waals surface area contributed by atoms with Gasteiger partial charge in [0.2, 0.25) is 0 Å². The van der Waals surface area contributed by atoms with Crippen molar-refractivity contribution in [1.29, 1.82) is 0 Å². The lowest BCUT2D eigenvalue weighted by Crippen LogP contribution is -2.35. The Kier molecular flexibility index (Phi) is 3.62. The molecule has 3 N–H and O–H groups in total. The van der Waals surface area contributed by atoms with Crippen molar-refractivity contribution in [1.82, 2.24) is 0 Å². The number of nitrogens with two attached hydrogens (primary N) is 1. The Morgan fingerprint density at radius 1 is 1.42 bits per heavy atom. The molecule has 2 unspecified atom stereocenters. The van der Waals surface area contributed by atoms with Gasteiger partial charge in [-0.2, -0.15) is 13.2 Å². The molecular formula is C13H17F3N2O. The maximum absolute atomic E-state index is 12.8. The molecule has 0 radical (unpaired) electrons. The van der Waals surface area contributed by atoms with Gasteiger partial charge in [-0.15, -0.1) is 0 Å². The third-order valence-corrected chi connectivity index (χ3v) is 3.74. The zero-order valence-electron chi connectivity index (χ0n) is 10.6. The van der Waals surface area contributed by atoms with Crippen molar-refractivity contribution in [3.63, 3.8) is 0 Å². The Balaban J connectivity index is 2.36. The van der Waals surface area contributed by atoms with Crippen LogP contribution in [0.5, 0.6) is 0 Å². The van der Waals surface area contributed by atoms with Gasteiger partial charge in [0.25, 0.3) is 0 Å². The number of aliphatic hydroxyl groups is 1. The number of rotatable bonds is 2. The minimum atomic E-state index is -4.46. The summed E-state index contributed by atoms with van der Waals surface area (Å²) >= 11 is 0. The largest absolute Gasteiger partial charge is 0.418 e. The minimum absolute atomic E-state index is 0.0626. The zero-order chi connectivity index (χ0) is 14.2. The summed E-state index contributed by atoms with van der Waals surface area (Å²) in [6.45, 7) is 2.57. The van der Waals surface area contributed by atoms with Gasteiger partial charge in [-0.05, 0) is 30.5 Å². The Morgan fingerprint density at radius 2 is 2.11 bits per heavy atom. The van der Waals surface area contributed by atoms with Gasteiger partial charge in [-0.1, -0.05) is 6.92 Å². The van der Waals surface area contributed by atoms with Crippen LogP contribution in [-0.2, 0) is 6.18 Å². The maximum atomic E-state index is 12.8. The Hall–Kier alpha value is -1.43. The van der Waals surface area contributed by atoms with Crippen LogP contribution in [0.1, 0.15) is 18.9 Å². The van der Waals surface area contributed by atoms with E-state index in [4.69, 9.17) is 5.73 Å². The van der Waals surface area contributed by atoms with E-state index in [1.165, 1.54) is 6.07 Å². The lowest BCUT2D eigenvalue weighted by Gasteiger charge is -2.28. The molecule has 1 aromatic carbocycles. The molecule has 106 valence electrons. The van der Waals surface area contributed by atoms with Crippen molar-refractivity contribution in [3.05, 3.63) is 23.8 Å². The first-order valence-corrected chi connectivity index (χ1v) is 6.19. The highest BCUT2D eigenvalue weighted by Gasteiger charge is 2.35. The molecule has 1 saturated heterocycles. The summed E-state index contributed by atoms with van der Waals surface area (Å²) in [5.41, 5.74) is 4.75. The lowest BCUT2D eigenvalue weighted by molar-refractivity contribution is -0.136. The molecule has 19 heavy (non-hydrogen) atoms. The molecule has 0 amide bonds. The summed E-state index contributed by atoms with van der Waals surface area (Å²) in [5, 5.41) is 9.36. The van der Waals surface area contributed by atoms with E-state index >= 15 is 0 Å². The number of hydrogen-bond acceptors (Lipinski definition) is 3. The van der Waals surface area contributed by atoms with Crippen LogP contribution in [0.4, 0.5) is 24.5 Å². The quantitative estimate of drug-likeness (QED) is 0.815. The molecule has 2 rings (SSSR count). The van der Waals surface area contributed by atoms with Crippen LogP contribution in [0.15, 0.2) is 18.2 Å². The highest BCUT2D eigenvalue weighted by atomic mass is 19.4. The molecule has 0 spiro atoms. The fourth-order valence-electron chi connectivity index (χ4n) is 2.58. The van der Waals surface area contributed by atoms with Gasteiger partial charge in [-0.3, -0.25) is 0 Å². The summed E-state index contributed by atoms with van der Waals surface area (Å²) in [4.78, 5) is 1.82. The van der Waals surface area contributed by atoms with E-state index in [2.05, 4.69) is 0 Å². The van der Waals surface area contributed by atoms with Crippen molar-refractivity contribution in [2.75, 3.05) is 23.8 Å². The zero-order valence-corrected chi connectivity index (χ0v) is 10.6. The third-order valence-electron chi connectivity index (χ3n) is 3.74. The highest BCUT2D eigenvalue weighted by Crippen LogP contribution is 2.38. The van der Waals surface area contributed by atoms with Crippen LogP contribution in [0.2, 0.25) is 0 Å². The summed E-state index contributed by atoms with van der Waals surface area (Å²) in [6, 6.07) is 3.78.